The van der Waals surface area contributed by atoms with E-state index in [-0.39, 0.29) is 41.3 Å². The van der Waals surface area contributed by atoms with Gasteiger partial charge in [0.15, 0.2) is 0 Å². The highest BCUT2D eigenvalue weighted by atomic mass is 35.5. The molecule has 0 radical (unpaired) electrons. The largest absolute Gasteiger partial charge is 0.338 e. The lowest BCUT2D eigenvalue weighted by molar-refractivity contribution is -0.115. The van der Waals surface area contributed by atoms with Gasteiger partial charge in [0.1, 0.15) is 0 Å². The van der Waals surface area contributed by atoms with Gasteiger partial charge >= 0.3 is 0 Å². The minimum absolute atomic E-state index is 0. The molecule has 3 N–H and O–H groups in total. The topological polar surface area (TPSA) is 75.4 Å². The van der Waals surface area contributed by atoms with Crippen molar-refractivity contribution in [3.63, 3.8) is 0 Å². The quantitative estimate of drug-likeness (QED) is 0.802. The molecule has 0 spiro atoms. The molecule has 0 aromatic heterocycles. The van der Waals surface area contributed by atoms with Crippen molar-refractivity contribution < 1.29 is 9.59 Å². The first-order valence-electron chi connectivity index (χ1n) is 9.22. The maximum atomic E-state index is 13.1. The Morgan fingerprint density at radius 2 is 1.96 bits per heavy atom. The van der Waals surface area contributed by atoms with Crippen molar-refractivity contribution in [3.05, 3.63) is 59.7 Å². The molecule has 0 bridgehead atoms. The van der Waals surface area contributed by atoms with E-state index in [4.69, 9.17) is 5.73 Å². The summed E-state index contributed by atoms with van der Waals surface area (Å²) in [5.74, 6) is 0.483. The summed E-state index contributed by atoms with van der Waals surface area (Å²) in [5, 5.41) is 2.78. The Balaban J connectivity index is 0.00000225. The lowest BCUT2D eigenvalue weighted by Gasteiger charge is -2.23. The number of thioether (sulfide) groups is 1. The number of halogens is 1. The van der Waals surface area contributed by atoms with Crippen molar-refractivity contribution >= 4 is 41.7 Å². The van der Waals surface area contributed by atoms with E-state index in [0.717, 1.165) is 10.6 Å². The van der Waals surface area contributed by atoms with Crippen LogP contribution in [0.3, 0.4) is 0 Å². The number of amides is 2. The average molecular weight is 418 g/mol. The number of hydrogen-bond donors (Lipinski definition) is 2. The number of rotatable bonds is 3. The molecular weight excluding hydrogens is 394 g/mol. The van der Waals surface area contributed by atoms with Crippen LogP contribution >= 0.6 is 24.2 Å². The highest BCUT2D eigenvalue weighted by Gasteiger charge is 2.36. The summed E-state index contributed by atoms with van der Waals surface area (Å²) < 4.78 is 0. The van der Waals surface area contributed by atoms with E-state index < -0.39 is 0 Å². The zero-order chi connectivity index (χ0) is 19.0. The maximum Gasteiger partial charge on any atom is 0.253 e. The fourth-order valence-electron chi connectivity index (χ4n) is 3.88. The number of likely N-dealkylation sites (tertiary alicyclic amines) is 1. The first-order chi connectivity index (χ1) is 13.1. The van der Waals surface area contributed by atoms with Gasteiger partial charge in [0, 0.05) is 29.5 Å². The van der Waals surface area contributed by atoms with E-state index in [9.17, 15) is 9.59 Å². The molecule has 2 amide bonds. The van der Waals surface area contributed by atoms with Gasteiger partial charge in [-0.2, -0.15) is 0 Å². The van der Waals surface area contributed by atoms with E-state index in [1.165, 1.54) is 17.3 Å². The molecule has 5 nitrogen and oxygen atoms in total. The third kappa shape index (κ3) is 3.90. The second-order valence-corrected chi connectivity index (χ2v) is 8.57. The monoisotopic (exact) mass is 417 g/mol. The predicted octanol–water partition coefficient (Wildman–Crippen LogP) is 3.36. The third-order valence-electron chi connectivity index (χ3n) is 5.42. The Kier molecular flexibility index (Phi) is 6.33. The number of anilines is 1. The molecule has 7 heteroatoms. The second-order valence-electron chi connectivity index (χ2n) is 7.18. The van der Waals surface area contributed by atoms with Gasteiger partial charge < -0.3 is 16.0 Å². The van der Waals surface area contributed by atoms with Crippen molar-refractivity contribution in [1.82, 2.24) is 4.90 Å². The van der Waals surface area contributed by atoms with Crippen molar-refractivity contribution in [1.29, 1.82) is 0 Å². The molecule has 28 heavy (non-hydrogen) atoms. The number of nitrogens with one attached hydrogen (secondary N) is 1. The Morgan fingerprint density at radius 1 is 1.21 bits per heavy atom. The van der Waals surface area contributed by atoms with Gasteiger partial charge in [-0.05, 0) is 43.1 Å². The first-order valence-corrected chi connectivity index (χ1v) is 10.1. The second kappa shape index (κ2) is 8.55. The van der Waals surface area contributed by atoms with Crippen LogP contribution in [0, 0.1) is 5.92 Å². The van der Waals surface area contributed by atoms with E-state index in [1.807, 2.05) is 42.2 Å². The summed E-state index contributed by atoms with van der Waals surface area (Å²) in [4.78, 5) is 27.9. The van der Waals surface area contributed by atoms with Gasteiger partial charge in [-0.1, -0.05) is 30.3 Å². The van der Waals surface area contributed by atoms with Gasteiger partial charge in [-0.3, -0.25) is 9.59 Å². The fourth-order valence-corrected chi connectivity index (χ4v) is 4.81. The normalized spacial score (nSPS) is 23.6. The molecule has 2 aliphatic heterocycles. The molecule has 2 heterocycles. The van der Waals surface area contributed by atoms with Crippen molar-refractivity contribution in [2.75, 3.05) is 25.0 Å². The molecule has 148 valence electrons. The summed E-state index contributed by atoms with van der Waals surface area (Å²) in [6.45, 7) is 3.76. The third-order valence-corrected chi connectivity index (χ3v) is 6.59. The lowest BCUT2D eigenvalue weighted by atomic mass is 9.89. The van der Waals surface area contributed by atoms with Crippen LogP contribution in [0.25, 0.3) is 0 Å². The number of carbonyl (C=O) groups is 2. The number of nitrogens with two attached hydrogens (primary N) is 1. The standard InChI is InChI=1S/C21H23N3O2S.ClH/c1-13-20(25)23-18-9-15(7-8-19(18)27-13)21(26)24-11-16(10-22)17(12-24)14-5-3-2-4-6-14;/h2-9,13,16-17H,10-12,22H2,1H3,(H,23,25);1H/t13?,16-,17+;/m1./s1. The van der Waals surface area contributed by atoms with Crippen LogP contribution in [-0.4, -0.2) is 41.6 Å². The highest BCUT2D eigenvalue weighted by molar-refractivity contribution is 8.00. The molecule has 4 rings (SSSR count). The number of carbonyl (C=O) groups excluding carboxylic acids is 2. The van der Waals surface area contributed by atoms with Crippen LogP contribution in [0.4, 0.5) is 5.69 Å². The molecule has 0 aliphatic carbocycles. The van der Waals surface area contributed by atoms with Crippen molar-refractivity contribution in [2.24, 2.45) is 11.7 Å². The Bertz CT molecular complexity index is 877. The molecule has 3 atom stereocenters. The fraction of sp³-hybridized carbons (Fsp3) is 0.333. The summed E-state index contributed by atoms with van der Waals surface area (Å²) in [6, 6.07) is 15.8. The average Bonchev–Trinajstić information content (AvgIpc) is 3.13. The van der Waals surface area contributed by atoms with Crippen LogP contribution in [0.15, 0.2) is 53.4 Å². The van der Waals surface area contributed by atoms with E-state index >= 15 is 0 Å². The number of nitrogens with zero attached hydrogens (tertiary/aromatic N) is 1. The van der Waals surface area contributed by atoms with Gasteiger partial charge in [0.05, 0.1) is 10.9 Å². The Labute approximate surface area is 175 Å². The zero-order valence-corrected chi connectivity index (χ0v) is 17.3. The molecular formula is C21H24ClN3O2S. The van der Waals surface area contributed by atoms with E-state index in [2.05, 4.69) is 17.4 Å². The minimum atomic E-state index is -0.116. The van der Waals surface area contributed by atoms with Crippen LogP contribution in [0.1, 0.15) is 28.8 Å². The lowest BCUT2D eigenvalue weighted by Crippen LogP contribution is -2.30. The van der Waals surface area contributed by atoms with E-state index in [1.54, 1.807) is 6.07 Å². The molecule has 1 fully saturated rings. The number of fused-ring (bicyclic) bond motifs is 1. The van der Waals surface area contributed by atoms with Gasteiger partial charge in [0.2, 0.25) is 5.91 Å². The molecule has 2 aromatic rings. The molecule has 1 saturated heterocycles. The highest BCUT2D eigenvalue weighted by Crippen LogP contribution is 2.37. The van der Waals surface area contributed by atoms with Gasteiger partial charge in [0.25, 0.3) is 5.91 Å². The predicted molar refractivity (Wildman–Crippen MR) is 115 cm³/mol. The van der Waals surface area contributed by atoms with Crippen molar-refractivity contribution in [2.45, 2.75) is 23.0 Å². The van der Waals surface area contributed by atoms with Crippen molar-refractivity contribution in [3.8, 4) is 0 Å². The summed E-state index contributed by atoms with van der Waals surface area (Å²) in [6.07, 6.45) is 0. The summed E-state index contributed by atoms with van der Waals surface area (Å²) in [5.41, 5.74) is 8.55. The summed E-state index contributed by atoms with van der Waals surface area (Å²) in [7, 11) is 0. The number of benzene rings is 2. The van der Waals surface area contributed by atoms with Gasteiger partial charge in [-0.15, -0.1) is 24.2 Å². The molecule has 1 unspecified atom stereocenters. The van der Waals surface area contributed by atoms with E-state index in [0.29, 0.717) is 25.2 Å². The van der Waals surface area contributed by atoms with Crippen LogP contribution in [0.2, 0.25) is 0 Å². The Hall–Kier alpha value is -2.02. The zero-order valence-electron chi connectivity index (χ0n) is 15.6. The maximum absolute atomic E-state index is 13.1. The summed E-state index contributed by atoms with van der Waals surface area (Å²) >= 11 is 1.52. The Morgan fingerprint density at radius 3 is 2.68 bits per heavy atom. The van der Waals surface area contributed by atoms with Gasteiger partial charge in [-0.25, -0.2) is 0 Å². The SMILES string of the molecule is CC1Sc2ccc(C(=O)N3C[C@@H](CN)[C@H](c4ccccc4)C3)cc2NC1=O.Cl. The smallest absolute Gasteiger partial charge is 0.253 e. The first kappa shape index (κ1) is 20.7. The van der Waals surface area contributed by atoms with Crippen LogP contribution < -0.4 is 11.1 Å². The molecule has 2 aromatic carbocycles. The minimum Gasteiger partial charge on any atom is -0.338 e. The molecule has 0 saturated carbocycles. The van der Waals surface area contributed by atoms with Crippen LogP contribution in [-0.2, 0) is 4.79 Å². The van der Waals surface area contributed by atoms with Crippen LogP contribution in [0.5, 0.6) is 0 Å². The number of hydrogen-bond acceptors (Lipinski definition) is 4. The molecule has 2 aliphatic rings.